The number of hydrogen-bond donors (Lipinski definition) is 1. The number of guanidine groups is 1. The molecule has 5 nitrogen and oxygen atoms in total. The first kappa shape index (κ1) is 20.0. The lowest BCUT2D eigenvalue weighted by Crippen LogP contribution is -2.40. The van der Waals surface area contributed by atoms with Gasteiger partial charge in [-0.1, -0.05) is 11.8 Å². The Morgan fingerprint density at radius 3 is 3.18 bits per heavy atom. The zero-order valence-electron chi connectivity index (χ0n) is 13.2. The van der Waals surface area contributed by atoms with Gasteiger partial charge in [-0.25, -0.2) is 4.98 Å². The van der Waals surface area contributed by atoms with E-state index < -0.39 is 0 Å². The minimum Gasteiger partial charge on any atom is -0.384 e. The Hall–Kier alpha value is -0.0600. The smallest absolute Gasteiger partial charge is 0.193 e. The van der Waals surface area contributed by atoms with Gasteiger partial charge in [0.2, 0.25) is 0 Å². The van der Waals surface area contributed by atoms with Crippen LogP contribution in [0.25, 0.3) is 0 Å². The number of ether oxygens (including phenoxy) is 1. The molecule has 1 saturated heterocycles. The number of hydrogen-bond acceptors (Lipinski definition) is 5. The molecule has 0 aromatic carbocycles. The lowest BCUT2D eigenvalue weighted by atomic mass is 10.1. The van der Waals surface area contributed by atoms with E-state index in [0.717, 1.165) is 48.7 Å². The molecule has 22 heavy (non-hydrogen) atoms. The largest absolute Gasteiger partial charge is 0.384 e. The van der Waals surface area contributed by atoms with Gasteiger partial charge >= 0.3 is 0 Å². The Kier molecular flexibility index (Phi) is 10.4. The molecule has 1 N–H and O–H groups in total. The normalized spacial score (nSPS) is 18.4. The van der Waals surface area contributed by atoms with E-state index in [1.165, 1.54) is 6.42 Å². The van der Waals surface area contributed by atoms with E-state index in [1.54, 1.807) is 18.4 Å². The second-order valence-corrected chi connectivity index (χ2v) is 7.27. The van der Waals surface area contributed by atoms with E-state index in [9.17, 15) is 0 Å². The quantitative estimate of drug-likeness (QED) is 0.225. The molecule has 2 heterocycles. The van der Waals surface area contributed by atoms with Crippen LogP contribution in [-0.4, -0.2) is 62.0 Å². The summed E-state index contributed by atoms with van der Waals surface area (Å²) in [5.74, 6) is 2.74. The molecule has 1 aromatic heterocycles. The molecule has 1 aliphatic rings. The summed E-state index contributed by atoms with van der Waals surface area (Å²) in [6.45, 7) is 3.91. The van der Waals surface area contributed by atoms with Crippen molar-refractivity contribution < 1.29 is 4.74 Å². The third kappa shape index (κ3) is 6.59. The standard InChI is InChI=1S/C14H24N4OS2.HI/c1-15-13(18-7-4-12(10-18)11-19-2)16-5-3-8-20-14-17-6-9-21-14;/h6,9,12H,3-5,7-8,10-11H2,1-2H3,(H,15,16);1H. The summed E-state index contributed by atoms with van der Waals surface area (Å²) in [5.41, 5.74) is 0. The zero-order chi connectivity index (χ0) is 14.9. The van der Waals surface area contributed by atoms with Crippen molar-refractivity contribution in [1.82, 2.24) is 15.2 Å². The highest BCUT2D eigenvalue weighted by Crippen LogP contribution is 2.20. The number of thioether (sulfide) groups is 1. The lowest BCUT2D eigenvalue weighted by Gasteiger charge is -2.21. The fourth-order valence-electron chi connectivity index (χ4n) is 2.44. The van der Waals surface area contributed by atoms with Crippen molar-refractivity contribution in [3.63, 3.8) is 0 Å². The van der Waals surface area contributed by atoms with Gasteiger partial charge in [-0.05, 0) is 12.8 Å². The molecule has 1 aliphatic heterocycles. The van der Waals surface area contributed by atoms with Gasteiger partial charge in [0.05, 0.1) is 6.61 Å². The number of aliphatic imine (C=N–C) groups is 1. The number of likely N-dealkylation sites (tertiary alicyclic amines) is 1. The summed E-state index contributed by atoms with van der Waals surface area (Å²) in [7, 11) is 3.63. The monoisotopic (exact) mass is 456 g/mol. The number of halogens is 1. The Morgan fingerprint density at radius 1 is 1.64 bits per heavy atom. The van der Waals surface area contributed by atoms with Crippen LogP contribution >= 0.6 is 47.1 Å². The first-order chi connectivity index (χ1) is 10.3. The summed E-state index contributed by atoms with van der Waals surface area (Å²) in [5, 5.41) is 5.48. The summed E-state index contributed by atoms with van der Waals surface area (Å²) >= 11 is 3.53. The first-order valence-electron chi connectivity index (χ1n) is 7.30. The van der Waals surface area contributed by atoms with Crippen molar-refractivity contribution in [3.05, 3.63) is 11.6 Å². The molecule has 0 spiro atoms. The van der Waals surface area contributed by atoms with Crippen LogP contribution in [0.5, 0.6) is 0 Å². The van der Waals surface area contributed by atoms with Gasteiger partial charge in [0.1, 0.15) is 4.34 Å². The average Bonchev–Trinajstić information content (AvgIpc) is 3.15. The predicted octanol–water partition coefficient (Wildman–Crippen LogP) is 2.79. The van der Waals surface area contributed by atoms with Gasteiger partial charge in [-0.15, -0.1) is 35.3 Å². The van der Waals surface area contributed by atoms with Crippen LogP contribution in [0.15, 0.2) is 20.9 Å². The number of nitrogens with one attached hydrogen (secondary N) is 1. The van der Waals surface area contributed by atoms with E-state index in [4.69, 9.17) is 4.74 Å². The topological polar surface area (TPSA) is 49.8 Å². The van der Waals surface area contributed by atoms with E-state index in [1.807, 2.05) is 30.4 Å². The molecule has 1 atom stereocenters. The van der Waals surface area contributed by atoms with Crippen molar-refractivity contribution in [2.24, 2.45) is 10.9 Å². The predicted molar refractivity (Wildman–Crippen MR) is 106 cm³/mol. The molecule has 1 unspecified atom stereocenters. The summed E-state index contributed by atoms with van der Waals surface area (Å²) in [4.78, 5) is 11.0. The Balaban J connectivity index is 0.00000242. The van der Waals surface area contributed by atoms with Gasteiger partial charge in [-0.2, -0.15) is 0 Å². The molecule has 126 valence electrons. The maximum atomic E-state index is 5.24. The number of methoxy groups -OCH3 is 1. The van der Waals surface area contributed by atoms with Crippen molar-refractivity contribution in [1.29, 1.82) is 0 Å². The van der Waals surface area contributed by atoms with E-state index in [-0.39, 0.29) is 24.0 Å². The zero-order valence-corrected chi connectivity index (χ0v) is 17.1. The molecular weight excluding hydrogens is 431 g/mol. The molecule has 0 bridgehead atoms. The summed E-state index contributed by atoms with van der Waals surface area (Å²) < 4.78 is 6.40. The Labute approximate surface area is 158 Å². The van der Waals surface area contributed by atoms with E-state index in [2.05, 4.69) is 20.2 Å². The SMILES string of the molecule is CN=C(NCCCSc1nccs1)N1CCC(COC)C1.I. The average molecular weight is 456 g/mol. The van der Waals surface area contributed by atoms with Crippen LogP contribution in [0, 0.1) is 5.92 Å². The number of aromatic nitrogens is 1. The van der Waals surface area contributed by atoms with Crippen LogP contribution in [0.4, 0.5) is 0 Å². The van der Waals surface area contributed by atoms with Crippen LogP contribution in [0.3, 0.4) is 0 Å². The van der Waals surface area contributed by atoms with Crippen molar-refractivity contribution in [2.45, 2.75) is 17.2 Å². The van der Waals surface area contributed by atoms with E-state index >= 15 is 0 Å². The molecule has 0 saturated carbocycles. The van der Waals surface area contributed by atoms with Crippen LogP contribution < -0.4 is 5.32 Å². The molecule has 1 fully saturated rings. The van der Waals surface area contributed by atoms with Crippen LogP contribution in [0.2, 0.25) is 0 Å². The van der Waals surface area contributed by atoms with Gasteiger partial charge in [0.25, 0.3) is 0 Å². The molecule has 0 aliphatic carbocycles. The lowest BCUT2D eigenvalue weighted by molar-refractivity contribution is 0.157. The molecule has 0 radical (unpaired) electrons. The maximum Gasteiger partial charge on any atom is 0.193 e. The minimum atomic E-state index is 0. The van der Waals surface area contributed by atoms with Crippen molar-refractivity contribution in [2.75, 3.05) is 46.2 Å². The minimum absolute atomic E-state index is 0. The summed E-state index contributed by atoms with van der Waals surface area (Å²) in [6.07, 6.45) is 4.16. The second kappa shape index (κ2) is 11.5. The van der Waals surface area contributed by atoms with Gasteiger partial charge in [0, 0.05) is 57.0 Å². The summed E-state index contributed by atoms with van der Waals surface area (Å²) in [6, 6.07) is 0. The third-order valence-electron chi connectivity index (χ3n) is 3.44. The van der Waals surface area contributed by atoms with Crippen LogP contribution in [0.1, 0.15) is 12.8 Å². The molecular formula is C14H25IN4OS2. The molecule has 0 amide bonds. The Morgan fingerprint density at radius 2 is 2.50 bits per heavy atom. The molecule has 1 aromatic rings. The number of rotatable bonds is 7. The van der Waals surface area contributed by atoms with Gasteiger partial charge in [0.15, 0.2) is 5.96 Å². The fraction of sp³-hybridized carbons (Fsp3) is 0.714. The third-order valence-corrected chi connectivity index (χ3v) is 5.49. The van der Waals surface area contributed by atoms with Crippen LogP contribution in [-0.2, 0) is 4.74 Å². The molecule has 2 rings (SSSR count). The van der Waals surface area contributed by atoms with E-state index in [0.29, 0.717) is 5.92 Å². The highest BCUT2D eigenvalue weighted by Gasteiger charge is 2.24. The fourth-order valence-corrected chi connectivity index (χ4v) is 4.09. The van der Waals surface area contributed by atoms with Gasteiger partial charge < -0.3 is 15.0 Å². The first-order valence-corrected chi connectivity index (χ1v) is 9.17. The highest BCUT2D eigenvalue weighted by atomic mass is 127. The maximum absolute atomic E-state index is 5.24. The number of thiazole rings is 1. The highest BCUT2D eigenvalue weighted by molar-refractivity contribution is 14.0. The number of nitrogens with zero attached hydrogens (tertiary/aromatic N) is 3. The van der Waals surface area contributed by atoms with Gasteiger partial charge in [-0.3, -0.25) is 4.99 Å². The van der Waals surface area contributed by atoms with Crippen molar-refractivity contribution >= 4 is 53.0 Å². The molecule has 8 heteroatoms. The Bertz CT molecular complexity index is 430. The van der Waals surface area contributed by atoms with Crippen molar-refractivity contribution in [3.8, 4) is 0 Å². The second-order valence-electron chi connectivity index (χ2n) is 5.03.